The topological polar surface area (TPSA) is 52.9 Å². The predicted molar refractivity (Wildman–Crippen MR) is 74.5 cm³/mol. The maximum atomic E-state index is 12.8. The van der Waals surface area contributed by atoms with Gasteiger partial charge in [-0.1, -0.05) is 23.7 Å². The molecule has 1 heterocycles. The number of aliphatic hydroxyl groups excluding tert-OH is 2. The van der Waals surface area contributed by atoms with Crippen LogP contribution in [0.25, 0.3) is 0 Å². The van der Waals surface area contributed by atoms with E-state index in [1.54, 1.807) is 11.9 Å². The molecule has 2 rings (SSSR count). The highest BCUT2D eigenvalue weighted by Crippen LogP contribution is 2.36. The summed E-state index contributed by atoms with van der Waals surface area (Å²) in [5.74, 6) is 0. The van der Waals surface area contributed by atoms with Crippen molar-refractivity contribution in [1.29, 1.82) is 0 Å². The zero-order chi connectivity index (χ0) is 16.5. The van der Waals surface area contributed by atoms with Gasteiger partial charge in [0.05, 0.1) is 35.9 Å². The van der Waals surface area contributed by atoms with Crippen LogP contribution in [0.1, 0.15) is 11.1 Å². The summed E-state index contributed by atoms with van der Waals surface area (Å²) in [5, 5.41) is 19.2. The van der Waals surface area contributed by atoms with Crippen LogP contribution < -0.4 is 0 Å². The average molecular weight is 340 g/mol. The summed E-state index contributed by atoms with van der Waals surface area (Å²) in [6.45, 7) is 0.321. The van der Waals surface area contributed by atoms with E-state index < -0.39 is 30.0 Å². The molecule has 0 spiro atoms. The van der Waals surface area contributed by atoms with Crippen molar-refractivity contribution >= 4 is 11.6 Å². The van der Waals surface area contributed by atoms with Gasteiger partial charge in [-0.05, 0) is 18.7 Å². The number of hydrogen-bond donors (Lipinski definition) is 2. The molecule has 124 valence electrons. The molecule has 0 aromatic heterocycles. The SMILES string of the molecule is CN(Cc1cccc(C(F)(F)F)c1Cl)[C@@H]1COC[C@@H](O)[C@H]1O. The molecule has 2 N–H and O–H groups in total. The lowest BCUT2D eigenvalue weighted by molar-refractivity contribution is -0.137. The van der Waals surface area contributed by atoms with E-state index in [4.69, 9.17) is 16.3 Å². The van der Waals surface area contributed by atoms with Crippen molar-refractivity contribution in [2.24, 2.45) is 0 Å². The van der Waals surface area contributed by atoms with Gasteiger partial charge in [0, 0.05) is 6.54 Å². The quantitative estimate of drug-likeness (QED) is 0.883. The van der Waals surface area contributed by atoms with Gasteiger partial charge in [0.15, 0.2) is 0 Å². The van der Waals surface area contributed by atoms with Crippen LogP contribution in [0.3, 0.4) is 0 Å². The van der Waals surface area contributed by atoms with Crippen LogP contribution >= 0.6 is 11.6 Å². The Kier molecular flexibility index (Phi) is 5.34. The maximum absolute atomic E-state index is 12.8. The van der Waals surface area contributed by atoms with E-state index in [-0.39, 0.29) is 24.8 Å². The second-order valence-electron chi connectivity index (χ2n) is 5.35. The average Bonchev–Trinajstić information content (AvgIpc) is 2.42. The predicted octanol–water partition coefficient (Wildman–Crippen LogP) is 1.91. The first-order chi connectivity index (χ1) is 10.2. The summed E-state index contributed by atoms with van der Waals surface area (Å²) in [5.41, 5.74) is -0.591. The van der Waals surface area contributed by atoms with Crippen molar-refractivity contribution in [3.05, 3.63) is 34.3 Å². The molecule has 0 amide bonds. The molecule has 0 radical (unpaired) electrons. The van der Waals surface area contributed by atoms with Crippen molar-refractivity contribution in [3.63, 3.8) is 0 Å². The van der Waals surface area contributed by atoms with E-state index >= 15 is 0 Å². The smallest absolute Gasteiger partial charge is 0.389 e. The number of alkyl halides is 3. The van der Waals surface area contributed by atoms with Crippen molar-refractivity contribution in [3.8, 4) is 0 Å². The molecule has 3 atom stereocenters. The third-order valence-electron chi connectivity index (χ3n) is 3.74. The lowest BCUT2D eigenvalue weighted by atomic mass is 10.0. The lowest BCUT2D eigenvalue weighted by Gasteiger charge is -2.37. The van der Waals surface area contributed by atoms with E-state index in [1.807, 2.05) is 0 Å². The minimum atomic E-state index is -4.52. The molecule has 1 aliphatic rings. The second kappa shape index (κ2) is 6.72. The lowest BCUT2D eigenvalue weighted by Crippen LogP contribution is -2.54. The fraction of sp³-hybridized carbons (Fsp3) is 0.571. The summed E-state index contributed by atoms with van der Waals surface area (Å²) >= 11 is 5.85. The number of rotatable bonds is 3. The van der Waals surface area contributed by atoms with E-state index in [0.717, 1.165) is 6.07 Å². The first kappa shape index (κ1) is 17.5. The summed E-state index contributed by atoms with van der Waals surface area (Å²) in [6, 6.07) is 3.20. The maximum Gasteiger partial charge on any atom is 0.417 e. The molecule has 1 aliphatic heterocycles. The summed E-state index contributed by atoms with van der Waals surface area (Å²) in [7, 11) is 1.63. The molecule has 22 heavy (non-hydrogen) atoms. The van der Waals surface area contributed by atoms with E-state index in [9.17, 15) is 23.4 Å². The molecule has 1 aromatic carbocycles. The fourth-order valence-electron chi connectivity index (χ4n) is 2.46. The molecule has 0 saturated carbocycles. The van der Waals surface area contributed by atoms with Crippen LogP contribution in [0, 0.1) is 0 Å². The summed E-state index contributed by atoms with van der Waals surface area (Å²) in [4.78, 5) is 1.62. The third-order valence-corrected chi connectivity index (χ3v) is 4.18. The molecule has 0 aliphatic carbocycles. The van der Waals surface area contributed by atoms with Gasteiger partial charge in [-0.2, -0.15) is 13.2 Å². The Labute approximate surface area is 131 Å². The Balaban J connectivity index is 2.17. The number of aliphatic hydroxyl groups is 2. The highest BCUT2D eigenvalue weighted by Gasteiger charge is 2.36. The second-order valence-corrected chi connectivity index (χ2v) is 5.73. The Morgan fingerprint density at radius 2 is 2.00 bits per heavy atom. The van der Waals surface area contributed by atoms with Crippen molar-refractivity contribution in [2.45, 2.75) is 31.0 Å². The molecule has 1 saturated heterocycles. The molecular formula is C14H17ClF3NO3. The monoisotopic (exact) mass is 339 g/mol. The fourth-order valence-corrected chi connectivity index (χ4v) is 2.75. The summed E-state index contributed by atoms with van der Waals surface area (Å²) in [6.07, 6.45) is -6.56. The molecule has 1 fully saturated rings. The normalized spacial score (nSPS) is 26.5. The van der Waals surface area contributed by atoms with Crippen molar-refractivity contribution in [1.82, 2.24) is 4.90 Å². The number of likely N-dealkylation sites (N-methyl/N-ethyl adjacent to an activating group) is 1. The summed E-state index contributed by atoms with van der Waals surface area (Å²) < 4.78 is 43.7. The number of hydrogen-bond acceptors (Lipinski definition) is 4. The van der Waals surface area contributed by atoms with Crippen LogP contribution in [-0.4, -0.2) is 53.6 Å². The number of benzene rings is 1. The highest BCUT2D eigenvalue weighted by atomic mass is 35.5. The molecule has 8 heteroatoms. The zero-order valence-corrected chi connectivity index (χ0v) is 12.6. The zero-order valence-electron chi connectivity index (χ0n) is 11.8. The minimum Gasteiger partial charge on any atom is -0.389 e. The van der Waals surface area contributed by atoms with Crippen LogP contribution in [-0.2, 0) is 17.5 Å². The molecule has 1 aromatic rings. The van der Waals surface area contributed by atoms with Gasteiger partial charge in [0.2, 0.25) is 0 Å². The first-order valence-electron chi connectivity index (χ1n) is 6.70. The highest BCUT2D eigenvalue weighted by molar-refractivity contribution is 6.32. The van der Waals surface area contributed by atoms with Crippen LogP contribution in [0.5, 0.6) is 0 Å². The Morgan fingerprint density at radius 1 is 1.32 bits per heavy atom. The largest absolute Gasteiger partial charge is 0.417 e. The molecular weight excluding hydrogens is 323 g/mol. The van der Waals surface area contributed by atoms with Gasteiger partial charge in [-0.25, -0.2) is 0 Å². The number of nitrogens with zero attached hydrogens (tertiary/aromatic N) is 1. The van der Waals surface area contributed by atoms with Gasteiger partial charge in [-0.3, -0.25) is 4.90 Å². The Bertz CT molecular complexity index is 527. The third kappa shape index (κ3) is 3.72. The van der Waals surface area contributed by atoms with Gasteiger partial charge >= 0.3 is 6.18 Å². The number of ether oxygens (including phenoxy) is 1. The van der Waals surface area contributed by atoms with Gasteiger partial charge in [-0.15, -0.1) is 0 Å². The van der Waals surface area contributed by atoms with E-state index in [1.165, 1.54) is 12.1 Å². The Morgan fingerprint density at radius 3 is 2.64 bits per heavy atom. The number of halogens is 4. The van der Waals surface area contributed by atoms with Crippen molar-refractivity contribution < 1.29 is 28.1 Å². The van der Waals surface area contributed by atoms with Gasteiger partial charge in [0.25, 0.3) is 0 Å². The van der Waals surface area contributed by atoms with Crippen LogP contribution in [0.4, 0.5) is 13.2 Å². The first-order valence-corrected chi connectivity index (χ1v) is 7.08. The minimum absolute atomic E-state index is 0.0375. The molecule has 0 bridgehead atoms. The van der Waals surface area contributed by atoms with Gasteiger partial charge in [0.1, 0.15) is 6.10 Å². The van der Waals surface area contributed by atoms with Crippen LogP contribution in [0.15, 0.2) is 18.2 Å². The Hall–Kier alpha value is -0.860. The van der Waals surface area contributed by atoms with E-state index in [0.29, 0.717) is 5.56 Å². The van der Waals surface area contributed by atoms with Crippen molar-refractivity contribution in [2.75, 3.05) is 20.3 Å². The van der Waals surface area contributed by atoms with Gasteiger partial charge < -0.3 is 14.9 Å². The van der Waals surface area contributed by atoms with E-state index in [2.05, 4.69) is 0 Å². The standard InChI is InChI=1S/C14H17ClF3NO3/c1-19(10-6-22-7-11(20)13(10)21)5-8-3-2-4-9(12(8)15)14(16,17)18/h2-4,10-11,13,20-21H,5-7H2,1H3/t10-,11-,13+/m1/s1. The molecule has 0 unspecified atom stereocenters. The molecule has 4 nitrogen and oxygen atoms in total. The van der Waals surface area contributed by atoms with Crippen LogP contribution in [0.2, 0.25) is 5.02 Å².